The zero-order valence-electron chi connectivity index (χ0n) is 16.1. The molecule has 9 nitrogen and oxygen atoms in total. The van der Waals surface area contributed by atoms with Gasteiger partial charge in [-0.3, -0.25) is 14.5 Å². The lowest BCUT2D eigenvalue weighted by Gasteiger charge is -2.34. The van der Waals surface area contributed by atoms with Crippen LogP contribution in [-0.2, 0) is 20.9 Å². The Labute approximate surface area is 164 Å². The maximum atomic E-state index is 12.7. The Morgan fingerprint density at radius 1 is 1.18 bits per heavy atom. The first-order chi connectivity index (χ1) is 13.6. The summed E-state index contributed by atoms with van der Waals surface area (Å²) in [5.74, 6) is -0.599. The molecule has 1 aromatic carbocycles. The number of nitrogens with zero attached hydrogens (tertiary/aromatic N) is 2. The number of ether oxygens (including phenoxy) is 1. The molecule has 9 heteroatoms. The van der Waals surface area contributed by atoms with E-state index in [-0.39, 0.29) is 24.3 Å². The summed E-state index contributed by atoms with van der Waals surface area (Å²) in [5, 5.41) is 8.02. The van der Waals surface area contributed by atoms with E-state index < -0.39 is 6.04 Å². The second kappa shape index (κ2) is 9.52. The minimum atomic E-state index is -0.811. The molecule has 3 N–H and O–H groups in total. The summed E-state index contributed by atoms with van der Waals surface area (Å²) in [7, 11) is 1.51. The number of hydrogen-bond donors (Lipinski definition) is 3. The molecule has 0 spiro atoms. The number of morpholine rings is 1. The molecule has 28 heavy (non-hydrogen) atoms. The standard InChI is InChI=1S/C19H27N5O4/c1-20-17(25)12-16-18(26)21-6-7-24(16)19(27)22-15-4-2-14(3-5-15)13-23-8-10-28-11-9-23/h2-5,16H,6-13H2,1H3,(H,20,25)(H,21,26)(H,22,27)/t16-/m1/s1. The van der Waals surface area contributed by atoms with E-state index in [9.17, 15) is 14.4 Å². The Morgan fingerprint density at radius 2 is 1.89 bits per heavy atom. The van der Waals surface area contributed by atoms with Gasteiger partial charge in [0, 0.05) is 45.5 Å². The zero-order chi connectivity index (χ0) is 19.9. The van der Waals surface area contributed by atoms with Crippen LogP contribution in [0.1, 0.15) is 12.0 Å². The number of carbonyl (C=O) groups excluding carboxylic acids is 3. The van der Waals surface area contributed by atoms with Gasteiger partial charge >= 0.3 is 6.03 Å². The number of nitrogens with one attached hydrogen (secondary N) is 3. The fraction of sp³-hybridized carbons (Fsp3) is 0.526. The fourth-order valence-electron chi connectivity index (χ4n) is 3.34. The monoisotopic (exact) mass is 389 g/mol. The van der Waals surface area contributed by atoms with Crippen molar-refractivity contribution in [1.29, 1.82) is 0 Å². The molecule has 0 aliphatic carbocycles. The van der Waals surface area contributed by atoms with E-state index in [1.165, 1.54) is 11.9 Å². The lowest BCUT2D eigenvalue weighted by molar-refractivity contribution is -0.132. The smallest absolute Gasteiger partial charge is 0.322 e. The van der Waals surface area contributed by atoms with E-state index >= 15 is 0 Å². The van der Waals surface area contributed by atoms with E-state index in [1.54, 1.807) is 0 Å². The van der Waals surface area contributed by atoms with Crippen LogP contribution in [-0.4, -0.2) is 80.1 Å². The minimum Gasteiger partial charge on any atom is -0.379 e. The van der Waals surface area contributed by atoms with Crippen molar-refractivity contribution in [2.45, 2.75) is 19.0 Å². The molecule has 1 aromatic rings. The summed E-state index contributed by atoms with van der Waals surface area (Å²) in [6, 6.07) is 6.47. The van der Waals surface area contributed by atoms with E-state index in [2.05, 4.69) is 20.9 Å². The second-order valence-corrected chi connectivity index (χ2v) is 6.89. The highest BCUT2D eigenvalue weighted by Crippen LogP contribution is 2.15. The largest absolute Gasteiger partial charge is 0.379 e. The number of piperazine rings is 1. The molecule has 0 radical (unpaired) electrons. The van der Waals surface area contributed by atoms with Gasteiger partial charge in [-0.1, -0.05) is 12.1 Å². The molecular formula is C19H27N5O4. The third kappa shape index (κ3) is 5.20. The van der Waals surface area contributed by atoms with Gasteiger partial charge in [-0.05, 0) is 17.7 Å². The summed E-state index contributed by atoms with van der Waals surface area (Å²) in [4.78, 5) is 40.2. The van der Waals surface area contributed by atoms with Crippen molar-refractivity contribution >= 4 is 23.5 Å². The average molecular weight is 389 g/mol. The number of carbonyl (C=O) groups is 3. The Bertz CT molecular complexity index is 703. The number of hydrogen-bond acceptors (Lipinski definition) is 5. The first kappa shape index (κ1) is 20.1. The van der Waals surface area contributed by atoms with Gasteiger partial charge in [-0.2, -0.15) is 0 Å². The molecule has 3 rings (SSSR count). The quantitative estimate of drug-likeness (QED) is 0.657. The number of urea groups is 1. The molecule has 2 saturated heterocycles. The summed E-state index contributed by atoms with van der Waals surface area (Å²) < 4.78 is 5.36. The van der Waals surface area contributed by atoms with Crippen molar-refractivity contribution in [3.8, 4) is 0 Å². The van der Waals surface area contributed by atoms with E-state index in [4.69, 9.17) is 4.74 Å². The van der Waals surface area contributed by atoms with Gasteiger partial charge in [0.25, 0.3) is 0 Å². The fourth-order valence-corrected chi connectivity index (χ4v) is 3.34. The number of rotatable bonds is 5. The highest BCUT2D eigenvalue weighted by Gasteiger charge is 2.34. The molecule has 0 bridgehead atoms. The maximum Gasteiger partial charge on any atom is 0.322 e. The van der Waals surface area contributed by atoms with Gasteiger partial charge in [-0.15, -0.1) is 0 Å². The molecular weight excluding hydrogens is 362 g/mol. The van der Waals surface area contributed by atoms with Crippen LogP contribution in [0.2, 0.25) is 0 Å². The van der Waals surface area contributed by atoms with Gasteiger partial charge in [0.15, 0.2) is 0 Å². The van der Waals surface area contributed by atoms with Gasteiger partial charge in [-0.25, -0.2) is 4.79 Å². The normalized spacial score (nSPS) is 20.4. The first-order valence-corrected chi connectivity index (χ1v) is 9.52. The van der Waals surface area contributed by atoms with E-state index in [0.29, 0.717) is 18.8 Å². The molecule has 4 amide bonds. The zero-order valence-corrected chi connectivity index (χ0v) is 16.1. The van der Waals surface area contributed by atoms with Gasteiger partial charge in [0.2, 0.25) is 11.8 Å². The van der Waals surface area contributed by atoms with Crippen LogP contribution in [0.15, 0.2) is 24.3 Å². The predicted molar refractivity (Wildman–Crippen MR) is 104 cm³/mol. The molecule has 2 aliphatic rings. The Morgan fingerprint density at radius 3 is 2.57 bits per heavy atom. The molecule has 152 valence electrons. The summed E-state index contributed by atoms with van der Waals surface area (Å²) in [6.07, 6.45) is -0.0613. The SMILES string of the molecule is CNC(=O)C[C@@H]1C(=O)NCCN1C(=O)Nc1ccc(CN2CCOCC2)cc1. The third-order valence-corrected chi connectivity index (χ3v) is 4.96. The van der Waals surface area contributed by atoms with Crippen molar-refractivity contribution in [3.05, 3.63) is 29.8 Å². The number of amides is 4. The summed E-state index contributed by atoms with van der Waals surface area (Å²) >= 11 is 0. The predicted octanol–water partition coefficient (Wildman–Crippen LogP) is -0.0128. The van der Waals surface area contributed by atoms with E-state index in [1.807, 2.05) is 24.3 Å². The lowest BCUT2D eigenvalue weighted by Crippen LogP contribution is -2.59. The van der Waals surface area contributed by atoms with Crippen LogP contribution >= 0.6 is 0 Å². The van der Waals surface area contributed by atoms with E-state index in [0.717, 1.165) is 38.4 Å². The number of benzene rings is 1. The Hall–Kier alpha value is -2.65. The van der Waals surface area contributed by atoms with Gasteiger partial charge in [0.1, 0.15) is 6.04 Å². The molecule has 0 unspecified atom stereocenters. The highest BCUT2D eigenvalue weighted by atomic mass is 16.5. The number of anilines is 1. The molecule has 1 atom stereocenters. The van der Waals surface area contributed by atoms with Crippen LogP contribution in [0.3, 0.4) is 0 Å². The van der Waals surface area contributed by atoms with Crippen LogP contribution in [0.25, 0.3) is 0 Å². The van der Waals surface area contributed by atoms with Crippen molar-refractivity contribution in [3.63, 3.8) is 0 Å². The first-order valence-electron chi connectivity index (χ1n) is 9.52. The van der Waals surface area contributed by atoms with Crippen LogP contribution in [0, 0.1) is 0 Å². The highest BCUT2D eigenvalue weighted by molar-refractivity contribution is 5.96. The summed E-state index contributed by atoms with van der Waals surface area (Å²) in [6.45, 7) is 4.93. The second-order valence-electron chi connectivity index (χ2n) is 6.89. The van der Waals surface area contributed by atoms with Gasteiger partial charge in [0.05, 0.1) is 19.6 Å². The van der Waals surface area contributed by atoms with Crippen LogP contribution in [0.4, 0.5) is 10.5 Å². The van der Waals surface area contributed by atoms with Crippen LogP contribution in [0.5, 0.6) is 0 Å². The summed E-state index contributed by atoms with van der Waals surface area (Å²) in [5.41, 5.74) is 1.81. The molecule has 2 heterocycles. The molecule has 0 saturated carbocycles. The van der Waals surface area contributed by atoms with Crippen molar-refractivity contribution in [2.75, 3.05) is 51.8 Å². The Balaban J connectivity index is 1.59. The molecule has 2 aliphatic heterocycles. The van der Waals surface area contributed by atoms with Crippen LogP contribution < -0.4 is 16.0 Å². The lowest BCUT2D eigenvalue weighted by atomic mass is 10.1. The third-order valence-electron chi connectivity index (χ3n) is 4.96. The average Bonchev–Trinajstić information content (AvgIpc) is 2.71. The minimum absolute atomic E-state index is 0.0613. The van der Waals surface area contributed by atoms with Gasteiger partial charge < -0.3 is 25.6 Å². The maximum absolute atomic E-state index is 12.7. The topological polar surface area (TPSA) is 103 Å². The van der Waals surface area contributed by atoms with Crippen molar-refractivity contribution in [1.82, 2.24) is 20.4 Å². The Kier molecular flexibility index (Phi) is 6.83. The van der Waals surface area contributed by atoms with Crippen molar-refractivity contribution in [2.24, 2.45) is 0 Å². The van der Waals surface area contributed by atoms with Crippen molar-refractivity contribution < 1.29 is 19.1 Å². The molecule has 2 fully saturated rings. The molecule has 0 aromatic heterocycles.